The van der Waals surface area contributed by atoms with Crippen molar-refractivity contribution in [2.75, 3.05) is 13.1 Å². The maximum absolute atomic E-state index is 12.6. The average molecular weight is 358 g/mol. The molecule has 0 spiro atoms. The second-order valence-corrected chi connectivity index (χ2v) is 7.41. The van der Waals surface area contributed by atoms with Crippen molar-refractivity contribution in [1.82, 2.24) is 5.32 Å². The van der Waals surface area contributed by atoms with E-state index in [1.807, 2.05) is 43.3 Å². The van der Waals surface area contributed by atoms with Crippen molar-refractivity contribution < 1.29 is 9.69 Å². The Morgan fingerprint density at radius 1 is 1.16 bits per heavy atom. The lowest BCUT2D eigenvalue weighted by atomic mass is 9.95. The number of amides is 1. The van der Waals surface area contributed by atoms with Crippen LogP contribution in [0.15, 0.2) is 54.6 Å². The highest BCUT2D eigenvalue weighted by Gasteiger charge is 2.28. The molecule has 1 heterocycles. The Kier molecular flexibility index (Phi) is 6.11. The average Bonchev–Trinajstić information content (AvgIpc) is 2.63. The van der Waals surface area contributed by atoms with E-state index in [1.54, 1.807) is 0 Å². The van der Waals surface area contributed by atoms with Gasteiger partial charge in [-0.2, -0.15) is 0 Å². The lowest BCUT2D eigenvalue weighted by molar-refractivity contribution is -0.919. The molecule has 1 aliphatic heterocycles. The predicted molar refractivity (Wildman–Crippen MR) is 102 cm³/mol. The molecular formula is C21H26ClN2O+. The first kappa shape index (κ1) is 18.0. The second kappa shape index (κ2) is 8.50. The second-order valence-electron chi connectivity index (χ2n) is 6.97. The molecule has 0 unspecified atom stereocenters. The van der Waals surface area contributed by atoms with Gasteiger partial charge in [-0.05, 0) is 24.6 Å². The van der Waals surface area contributed by atoms with Crippen molar-refractivity contribution in [3.8, 4) is 0 Å². The molecule has 2 N–H and O–H groups in total. The van der Waals surface area contributed by atoms with Gasteiger partial charge in [-0.25, -0.2) is 0 Å². The first-order chi connectivity index (χ1) is 12.1. The molecule has 2 aromatic rings. The third kappa shape index (κ3) is 5.07. The Morgan fingerprint density at radius 2 is 1.88 bits per heavy atom. The number of quaternary nitrogens is 1. The summed E-state index contributed by atoms with van der Waals surface area (Å²) in [5.41, 5.74) is 2.42. The monoisotopic (exact) mass is 357 g/mol. The highest BCUT2D eigenvalue weighted by Crippen LogP contribution is 2.16. The molecule has 1 aliphatic rings. The van der Waals surface area contributed by atoms with E-state index >= 15 is 0 Å². The number of likely N-dealkylation sites (tertiary alicyclic amines) is 1. The normalized spacial score (nSPS) is 21.5. The van der Waals surface area contributed by atoms with Crippen LogP contribution < -0.4 is 10.2 Å². The summed E-state index contributed by atoms with van der Waals surface area (Å²) in [6, 6.07) is 18.3. The number of hydrogen-bond acceptors (Lipinski definition) is 1. The van der Waals surface area contributed by atoms with Crippen LogP contribution in [0, 0.1) is 5.92 Å². The van der Waals surface area contributed by atoms with Gasteiger partial charge in [0.2, 0.25) is 5.91 Å². The third-order valence-electron chi connectivity index (χ3n) is 5.06. The number of hydrogen-bond donors (Lipinski definition) is 2. The highest BCUT2D eigenvalue weighted by atomic mass is 35.5. The predicted octanol–water partition coefficient (Wildman–Crippen LogP) is 3.01. The van der Waals surface area contributed by atoms with E-state index in [2.05, 4.69) is 23.5 Å². The number of carbonyl (C=O) groups is 1. The molecule has 0 aromatic heterocycles. The summed E-state index contributed by atoms with van der Waals surface area (Å²) in [4.78, 5) is 14.1. The molecule has 0 saturated carbocycles. The van der Waals surface area contributed by atoms with Gasteiger partial charge in [-0.1, -0.05) is 54.1 Å². The standard InChI is InChI=1S/C21H25ClN2O/c1-16(18-7-3-2-4-8-18)23-21(25)19-10-12-24(13-11-19)15-17-6-5-9-20(22)14-17/h2-9,14,16,19H,10-13,15H2,1H3,(H,23,25)/p+1/t16-/m1/s1. The highest BCUT2D eigenvalue weighted by molar-refractivity contribution is 6.30. The molecular weight excluding hydrogens is 332 g/mol. The molecule has 4 heteroatoms. The van der Waals surface area contributed by atoms with E-state index in [0.29, 0.717) is 0 Å². The smallest absolute Gasteiger partial charge is 0.224 e. The topological polar surface area (TPSA) is 33.5 Å². The molecule has 0 bridgehead atoms. The number of benzene rings is 2. The number of carbonyl (C=O) groups excluding carboxylic acids is 1. The number of piperidine rings is 1. The number of nitrogens with one attached hydrogen (secondary N) is 2. The van der Waals surface area contributed by atoms with Gasteiger partial charge in [0.15, 0.2) is 0 Å². The van der Waals surface area contributed by atoms with Crippen molar-refractivity contribution in [2.45, 2.75) is 32.4 Å². The Balaban J connectivity index is 1.47. The molecule has 132 valence electrons. The quantitative estimate of drug-likeness (QED) is 0.847. The summed E-state index contributed by atoms with van der Waals surface area (Å²) in [7, 11) is 0. The Labute approximate surface area is 155 Å². The van der Waals surface area contributed by atoms with Gasteiger partial charge < -0.3 is 10.2 Å². The maximum Gasteiger partial charge on any atom is 0.224 e. The fourth-order valence-corrected chi connectivity index (χ4v) is 3.77. The van der Waals surface area contributed by atoms with Crippen molar-refractivity contribution >= 4 is 17.5 Å². The number of halogens is 1. The van der Waals surface area contributed by atoms with Crippen molar-refractivity contribution in [2.24, 2.45) is 5.92 Å². The first-order valence-corrected chi connectivity index (χ1v) is 9.43. The summed E-state index contributed by atoms with van der Waals surface area (Å²) >= 11 is 6.06. The van der Waals surface area contributed by atoms with Crippen molar-refractivity contribution in [3.63, 3.8) is 0 Å². The fourth-order valence-electron chi connectivity index (χ4n) is 3.56. The van der Waals surface area contributed by atoms with Crippen LogP contribution >= 0.6 is 11.6 Å². The molecule has 1 fully saturated rings. The lowest BCUT2D eigenvalue weighted by Gasteiger charge is -2.29. The largest absolute Gasteiger partial charge is 0.349 e. The van der Waals surface area contributed by atoms with Crippen LogP contribution in [-0.2, 0) is 11.3 Å². The molecule has 1 saturated heterocycles. The molecule has 0 radical (unpaired) electrons. The minimum Gasteiger partial charge on any atom is -0.349 e. The minimum atomic E-state index is 0.0607. The van der Waals surface area contributed by atoms with E-state index < -0.39 is 0 Å². The van der Waals surface area contributed by atoms with Crippen LogP contribution in [0.5, 0.6) is 0 Å². The SMILES string of the molecule is C[C@@H](NC(=O)C1CC[NH+](Cc2cccc(Cl)c2)CC1)c1ccccc1. The first-order valence-electron chi connectivity index (χ1n) is 9.05. The van der Waals surface area contributed by atoms with Crippen LogP contribution in [0.3, 0.4) is 0 Å². The van der Waals surface area contributed by atoms with Gasteiger partial charge >= 0.3 is 0 Å². The van der Waals surface area contributed by atoms with Gasteiger partial charge in [0, 0.05) is 29.3 Å². The molecule has 3 rings (SSSR count). The van der Waals surface area contributed by atoms with Crippen molar-refractivity contribution in [1.29, 1.82) is 0 Å². The van der Waals surface area contributed by atoms with Gasteiger partial charge in [0.1, 0.15) is 6.54 Å². The summed E-state index contributed by atoms with van der Waals surface area (Å²) < 4.78 is 0. The van der Waals surface area contributed by atoms with Crippen LogP contribution in [-0.4, -0.2) is 19.0 Å². The van der Waals surface area contributed by atoms with Gasteiger partial charge in [-0.15, -0.1) is 0 Å². The third-order valence-corrected chi connectivity index (χ3v) is 5.30. The van der Waals surface area contributed by atoms with Crippen LogP contribution in [0.4, 0.5) is 0 Å². The zero-order valence-electron chi connectivity index (χ0n) is 14.7. The molecule has 3 nitrogen and oxygen atoms in total. The molecule has 2 aromatic carbocycles. The van der Waals surface area contributed by atoms with E-state index in [4.69, 9.17) is 11.6 Å². The lowest BCUT2D eigenvalue weighted by Crippen LogP contribution is -3.11. The molecule has 1 atom stereocenters. The Morgan fingerprint density at radius 3 is 2.56 bits per heavy atom. The van der Waals surface area contributed by atoms with E-state index in [1.165, 1.54) is 10.5 Å². The van der Waals surface area contributed by atoms with Crippen LogP contribution in [0.2, 0.25) is 5.02 Å². The summed E-state index contributed by atoms with van der Waals surface area (Å²) in [6.45, 7) is 5.09. The zero-order valence-corrected chi connectivity index (χ0v) is 15.4. The van der Waals surface area contributed by atoms with Gasteiger partial charge in [0.25, 0.3) is 0 Å². The summed E-state index contributed by atoms with van der Waals surface area (Å²) in [5, 5.41) is 3.96. The Bertz CT molecular complexity index is 696. The zero-order chi connectivity index (χ0) is 17.6. The minimum absolute atomic E-state index is 0.0607. The Hall–Kier alpha value is -1.84. The summed E-state index contributed by atoms with van der Waals surface area (Å²) in [5.74, 6) is 0.326. The van der Waals surface area contributed by atoms with E-state index in [0.717, 1.165) is 43.1 Å². The molecule has 25 heavy (non-hydrogen) atoms. The molecule has 0 aliphatic carbocycles. The van der Waals surface area contributed by atoms with Gasteiger partial charge in [0.05, 0.1) is 19.1 Å². The van der Waals surface area contributed by atoms with E-state index in [9.17, 15) is 4.79 Å². The maximum atomic E-state index is 12.6. The fraction of sp³-hybridized carbons (Fsp3) is 0.381. The van der Waals surface area contributed by atoms with Crippen LogP contribution in [0.1, 0.15) is 36.9 Å². The van der Waals surface area contributed by atoms with E-state index in [-0.39, 0.29) is 17.9 Å². The number of rotatable bonds is 5. The molecule has 1 amide bonds. The van der Waals surface area contributed by atoms with Crippen LogP contribution in [0.25, 0.3) is 0 Å². The van der Waals surface area contributed by atoms with Crippen molar-refractivity contribution in [3.05, 3.63) is 70.7 Å². The van der Waals surface area contributed by atoms with Gasteiger partial charge in [-0.3, -0.25) is 4.79 Å². The summed E-state index contributed by atoms with van der Waals surface area (Å²) in [6.07, 6.45) is 1.90.